The number of hydrogen-bond donors (Lipinski definition) is 1. The van der Waals surface area contributed by atoms with Crippen LogP contribution in [0.2, 0.25) is 0 Å². The molecule has 90 valence electrons. The van der Waals surface area contributed by atoms with Crippen LogP contribution in [0.15, 0.2) is 23.7 Å². The summed E-state index contributed by atoms with van der Waals surface area (Å²) in [7, 11) is 0. The first-order valence-corrected chi connectivity index (χ1v) is 6.89. The molecular formula is C12H8N2O2S2. The first kappa shape index (κ1) is 11.3. The lowest BCUT2D eigenvalue weighted by molar-refractivity contribution is 0.0697. The van der Waals surface area contributed by atoms with Gasteiger partial charge in [0, 0.05) is 0 Å². The number of rotatable bonds is 2. The fraction of sp³-hybridized carbons (Fsp3) is 0.0833. The van der Waals surface area contributed by atoms with Crippen LogP contribution in [0.4, 0.5) is 0 Å². The molecule has 0 atom stereocenters. The van der Waals surface area contributed by atoms with Gasteiger partial charge in [0.25, 0.3) is 0 Å². The van der Waals surface area contributed by atoms with Gasteiger partial charge in [0.05, 0.1) is 31.9 Å². The van der Waals surface area contributed by atoms with Gasteiger partial charge in [0.15, 0.2) is 0 Å². The Kier molecular flexibility index (Phi) is 2.61. The lowest BCUT2D eigenvalue weighted by atomic mass is 10.2. The topological polar surface area (TPSA) is 63.1 Å². The fourth-order valence-electron chi connectivity index (χ4n) is 1.66. The molecule has 6 heteroatoms. The number of carboxylic acids is 1. The highest BCUT2D eigenvalue weighted by atomic mass is 32.1. The molecule has 0 aliphatic rings. The normalized spacial score (nSPS) is 10.9. The Morgan fingerprint density at radius 1 is 1.39 bits per heavy atom. The maximum absolute atomic E-state index is 10.9. The van der Waals surface area contributed by atoms with Crippen LogP contribution in [0.1, 0.15) is 16.1 Å². The highest BCUT2D eigenvalue weighted by Gasteiger charge is 2.12. The maximum Gasteiger partial charge on any atom is 0.335 e. The van der Waals surface area contributed by atoms with E-state index in [-0.39, 0.29) is 0 Å². The quantitative estimate of drug-likeness (QED) is 0.779. The molecule has 2 heterocycles. The second-order valence-electron chi connectivity index (χ2n) is 3.77. The lowest BCUT2D eigenvalue weighted by Gasteiger charge is -1.91. The molecule has 0 saturated heterocycles. The summed E-state index contributed by atoms with van der Waals surface area (Å²) in [4.78, 5) is 20.7. The second kappa shape index (κ2) is 4.15. The molecule has 3 aromatic rings. The first-order chi connectivity index (χ1) is 8.65. The van der Waals surface area contributed by atoms with Crippen LogP contribution in [0.5, 0.6) is 0 Å². The summed E-state index contributed by atoms with van der Waals surface area (Å²) in [6.45, 7) is 1.95. The highest BCUT2D eigenvalue weighted by molar-refractivity contribution is 7.25. The van der Waals surface area contributed by atoms with Crippen LogP contribution in [0, 0.1) is 6.92 Å². The van der Waals surface area contributed by atoms with Crippen LogP contribution in [0.3, 0.4) is 0 Å². The SMILES string of the molecule is Cc1ncsc1-c1nc2ccc(C(=O)O)cc2s1. The zero-order valence-corrected chi connectivity index (χ0v) is 11.0. The predicted octanol–water partition coefficient (Wildman–Crippen LogP) is 3.43. The molecule has 0 bridgehead atoms. The van der Waals surface area contributed by atoms with Crippen LogP contribution in [0.25, 0.3) is 20.1 Å². The number of aryl methyl sites for hydroxylation is 1. The van der Waals surface area contributed by atoms with Gasteiger partial charge in [-0.1, -0.05) is 0 Å². The molecule has 0 aliphatic carbocycles. The van der Waals surface area contributed by atoms with Crippen molar-refractivity contribution in [3.8, 4) is 9.88 Å². The zero-order valence-electron chi connectivity index (χ0n) is 9.38. The van der Waals surface area contributed by atoms with E-state index in [2.05, 4.69) is 9.97 Å². The molecule has 18 heavy (non-hydrogen) atoms. The van der Waals surface area contributed by atoms with Gasteiger partial charge in [-0.15, -0.1) is 22.7 Å². The predicted molar refractivity (Wildman–Crippen MR) is 72.4 cm³/mol. The lowest BCUT2D eigenvalue weighted by Crippen LogP contribution is -1.94. The van der Waals surface area contributed by atoms with E-state index < -0.39 is 5.97 Å². The van der Waals surface area contributed by atoms with Gasteiger partial charge in [0.2, 0.25) is 0 Å². The molecule has 3 rings (SSSR count). The van der Waals surface area contributed by atoms with Crippen molar-refractivity contribution in [2.45, 2.75) is 6.92 Å². The largest absolute Gasteiger partial charge is 0.478 e. The molecule has 4 nitrogen and oxygen atoms in total. The van der Waals surface area contributed by atoms with Crippen LogP contribution >= 0.6 is 22.7 Å². The molecule has 0 aliphatic heterocycles. The Morgan fingerprint density at radius 2 is 2.22 bits per heavy atom. The third-order valence-corrected chi connectivity index (χ3v) is 4.68. The molecule has 0 unspecified atom stereocenters. The Labute approximate surface area is 111 Å². The van der Waals surface area contributed by atoms with E-state index in [1.807, 2.05) is 6.92 Å². The smallest absolute Gasteiger partial charge is 0.335 e. The Morgan fingerprint density at radius 3 is 2.89 bits per heavy atom. The van der Waals surface area contributed by atoms with Crippen molar-refractivity contribution < 1.29 is 9.90 Å². The van der Waals surface area contributed by atoms with Crippen molar-refractivity contribution in [1.29, 1.82) is 0 Å². The van der Waals surface area contributed by atoms with E-state index in [1.165, 1.54) is 11.3 Å². The summed E-state index contributed by atoms with van der Waals surface area (Å²) in [5, 5.41) is 9.85. The van der Waals surface area contributed by atoms with E-state index in [9.17, 15) is 4.79 Å². The third-order valence-electron chi connectivity index (χ3n) is 2.58. The number of hydrogen-bond acceptors (Lipinski definition) is 5. The average molecular weight is 276 g/mol. The summed E-state index contributed by atoms with van der Waals surface area (Å²) in [5.74, 6) is -0.916. The molecule has 0 fully saturated rings. The summed E-state index contributed by atoms with van der Waals surface area (Å²) >= 11 is 3.05. The minimum absolute atomic E-state index is 0.290. The van der Waals surface area contributed by atoms with Crippen molar-refractivity contribution in [2.75, 3.05) is 0 Å². The van der Waals surface area contributed by atoms with E-state index in [0.717, 1.165) is 25.8 Å². The number of aromatic carboxylic acids is 1. The molecule has 1 aromatic carbocycles. The summed E-state index contributed by atoms with van der Waals surface area (Å²) in [5.41, 5.74) is 3.86. The number of benzene rings is 1. The van der Waals surface area contributed by atoms with E-state index >= 15 is 0 Å². The monoisotopic (exact) mass is 276 g/mol. The Bertz CT molecular complexity index is 745. The van der Waals surface area contributed by atoms with Crippen molar-refractivity contribution in [3.63, 3.8) is 0 Å². The summed E-state index contributed by atoms with van der Waals surface area (Å²) in [6.07, 6.45) is 0. The summed E-state index contributed by atoms with van der Waals surface area (Å²) in [6, 6.07) is 4.98. The minimum Gasteiger partial charge on any atom is -0.478 e. The van der Waals surface area contributed by atoms with Gasteiger partial charge in [-0.05, 0) is 25.1 Å². The fourth-order valence-corrected chi connectivity index (χ4v) is 3.61. The van der Waals surface area contributed by atoms with Gasteiger partial charge >= 0.3 is 5.97 Å². The Hall–Kier alpha value is -1.79. The number of carbonyl (C=O) groups is 1. The first-order valence-electron chi connectivity index (χ1n) is 5.19. The Balaban J connectivity index is 2.17. The number of nitrogens with zero attached hydrogens (tertiary/aromatic N) is 2. The molecule has 0 radical (unpaired) electrons. The standard InChI is InChI=1S/C12H8N2O2S2/c1-6-10(17-5-13-6)11-14-8-3-2-7(12(15)16)4-9(8)18-11/h2-5H,1H3,(H,15,16). The van der Waals surface area contributed by atoms with Crippen molar-refractivity contribution >= 4 is 38.9 Å². The molecule has 0 saturated carbocycles. The zero-order chi connectivity index (χ0) is 12.7. The molecule has 0 spiro atoms. The molecular weight excluding hydrogens is 268 g/mol. The van der Waals surface area contributed by atoms with Crippen LogP contribution < -0.4 is 0 Å². The van der Waals surface area contributed by atoms with Crippen LogP contribution in [-0.4, -0.2) is 21.0 Å². The minimum atomic E-state index is -0.916. The van der Waals surface area contributed by atoms with Crippen molar-refractivity contribution in [2.24, 2.45) is 0 Å². The molecule has 1 N–H and O–H groups in total. The van der Waals surface area contributed by atoms with Gasteiger partial charge in [-0.3, -0.25) is 0 Å². The third kappa shape index (κ3) is 1.79. The van der Waals surface area contributed by atoms with Crippen LogP contribution in [-0.2, 0) is 0 Å². The van der Waals surface area contributed by atoms with E-state index in [4.69, 9.17) is 5.11 Å². The van der Waals surface area contributed by atoms with Gasteiger partial charge in [-0.2, -0.15) is 0 Å². The second-order valence-corrected chi connectivity index (χ2v) is 5.66. The maximum atomic E-state index is 10.9. The van der Waals surface area contributed by atoms with Gasteiger partial charge in [0.1, 0.15) is 5.01 Å². The number of thiazole rings is 2. The summed E-state index contributed by atoms with van der Waals surface area (Å²) < 4.78 is 0.887. The molecule has 2 aromatic heterocycles. The van der Waals surface area contributed by atoms with E-state index in [1.54, 1.807) is 35.0 Å². The number of fused-ring (bicyclic) bond motifs is 1. The number of carboxylic acid groups (broad SMARTS) is 1. The van der Waals surface area contributed by atoms with Gasteiger partial charge in [-0.25, -0.2) is 14.8 Å². The molecule has 0 amide bonds. The van der Waals surface area contributed by atoms with E-state index in [0.29, 0.717) is 5.56 Å². The van der Waals surface area contributed by atoms with Crippen molar-refractivity contribution in [3.05, 3.63) is 35.0 Å². The van der Waals surface area contributed by atoms with Gasteiger partial charge < -0.3 is 5.11 Å². The highest BCUT2D eigenvalue weighted by Crippen LogP contribution is 2.34. The number of aromatic nitrogens is 2. The van der Waals surface area contributed by atoms with Crippen molar-refractivity contribution in [1.82, 2.24) is 9.97 Å². The average Bonchev–Trinajstić information content (AvgIpc) is 2.92.